The molecule has 2 heterocycles. The lowest BCUT2D eigenvalue weighted by Crippen LogP contribution is -2.44. The Hall–Kier alpha value is -2.46. The third-order valence-electron chi connectivity index (χ3n) is 5.01. The Balaban J connectivity index is 1.58. The lowest BCUT2D eigenvalue weighted by atomic mass is 9.96. The van der Waals surface area contributed by atoms with E-state index in [4.69, 9.17) is 0 Å². The van der Waals surface area contributed by atoms with Crippen LogP contribution in [-0.2, 0) is 15.8 Å². The molecule has 2 aromatic rings. The molecule has 1 aliphatic heterocycles. The molecule has 30 heavy (non-hydrogen) atoms. The van der Waals surface area contributed by atoms with Crippen LogP contribution >= 0.6 is 11.3 Å². The lowest BCUT2D eigenvalue weighted by molar-refractivity contribution is -0.137. The highest BCUT2D eigenvalue weighted by atomic mass is 32.1. The zero-order valence-electron chi connectivity index (χ0n) is 16.7. The minimum Gasteiger partial charge on any atom is -0.325 e. The minimum atomic E-state index is -4.55. The Bertz CT molecular complexity index is 910. The molecule has 0 saturated carbocycles. The quantitative estimate of drug-likeness (QED) is 0.735. The molecule has 0 aliphatic carbocycles. The second-order valence-corrected chi connectivity index (χ2v) is 8.52. The van der Waals surface area contributed by atoms with Gasteiger partial charge in [0.15, 0.2) is 5.13 Å². The van der Waals surface area contributed by atoms with Crippen molar-refractivity contribution < 1.29 is 22.8 Å². The number of rotatable bonds is 5. The van der Waals surface area contributed by atoms with Crippen molar-refractivity contribution in [2.24, 2.45) is 5.92 Å². The number of para-hydroxylation sites is 1. The summed E-state index contributed by atoms with van der Waals surface area (Å²) in [7, 11) is 0. The van der Waals surface area contributed by atoms with E-state index in [0.29, 0.717) is 31.1 Å². The molecule has 1 atom stereocenters. The van der Waals surface area contributed by atoms with Crippen molar-refractivity contribution in [3.05, 3.63) is 40.4 Å². The van der Waals surface area contributed by atoms with Crippen LogP contribution in [-0.4, -0.2) is 41.3 Å². The van der Waals surface area contributed by atoms with E-state index in [0.717, 1.165) is 16.6 Å². The Morgan fingerprint density at radius 1 is 1.23 bits per heavy atom. The fraction of sp³-hybridized carbons (Fsp3) is 0.450. The van der Waals surface area contributed by atoms with Crippen LogP contribution < -0.4 is 10.6 Å². The fourth-order valence-electron chi connectivity index (χ4n) is 3.38. The highest BCUT2D eigenvalue weighted by Crippen LogP contribution is 2.35. The first-order valence-electron chi connectivity index (χ1n) is 9.57. The molecule has 2 amide bonds. The largest absolute Gasteiger partial charge is 0.418 e. The summed E-state index contributed by atoms with van der Waals surface area (Å²) in [6.45, 7) is 4.84. The standard InChI is InChI=1S/C20H23F3N4O2S/c1-12-13(2)30-19(24-12)26-17(28)11-27-9-5-6-14(10-27)18(29)25-16-8-4-3-7-15(16)20(21,22)23/h3-4,7-8,14H,5-6,9-11H2,1-2H3,(H,25,29)(H,24,26,28). The summed E-state index contributed by atoms with van der Waals surface area (Å²) in [5.41, 5.74) is -0.261. The van der Waals surface area contributed by atoms with Gasteiger partial charge in [0.2, 0.25) is 11.8 Å². The third kappa shape index (κ3) is 5.57. The molecule has 1 saturated heterocycles. The number of hydrogen-bond donors (Lipinski definition) is 2. The van der Waals surface area contributed by atoms with Crippen molar-refractivity contribution in [3.8, 4) is 0 Å². The molecular formula is C20H23F3N4O2S. The van der Waals surface area contributed by atoms with Gasteiger partial charge in [-0.3, -0.25) is 14.5 Å². The normalized spacial score (nSPS) is 17.6. The molecule has 1 aromatic heterocycles. The van der Waals surface area contributed by atoms with Gasteiger partial charge in [-0.05, 0) is 45.4 Å². The van der Waals surface area contributed by atoms with Crippen molar-refractivity contribution in [1.82, 2.24) is 9.88 Å². The van der Waals surface area contributed by atoms with Crippen molar-refractivity contribution >= 4 is 34.0 Å². The SMILES string of the molecule is Cc1nc(NC(=O)CN2CCCC(C(=O)Nc3ccccc3C(F)(F)F)C2)sc1C. The predicted molar refractivity (Wildman–Crippen MR) is 109 cm³/mol. The number of thiazole rings is 1. The summed E-state index contributed by atoms with van der Waals surface area (Å²) in [4.78, 5) is 32.0. The maximum absolute atomic E-state index is 13.1. The van der Waals surface area contributed by atoms with Crippen LogP contribution in [0.5, 0.6) is 0 Å². The molecule has 3 rings (SSSR count). The van der Waals surface area contributed by atoms with Gasteiger partial charge in [0.25, 0.3) is 0 Å². The lowest BCUT2D eigenvalue weighted by Gasteiger charge is -2.31. The number of nitrogens with one attached hydrogen (secondary N) is 2. The van der Waals surface area contributed by atoms with Crippen molar-refractivity contribution in [2.75, 3.05) is 30.3 Å². The Morgan fingerprint density at radius 3 is 2.63 bits per heavy atom. The number of anilines is 2. The van der Waals surface area contributed by atoms with Crippen LogP contribution in [0.4, 0.5) is 24.0 Å². The smallest absolute Gasteiger partial charge is 0.325 e. The van der Waals surface area contributed by atoms with Gasteiger partial charge >= 0.3 is 6.18 Å². The van der Waals surface area contributed by atoms with E-state index in [2.05, 4.69) is 15.6 Å². The van der Waals surface area contributed by atoms with Gasteiger partial charge < -0.3 is 10.6 Å². The number of halogens is 3. The number of aryl methyl sites for hydroxylation is 2. The van der Waals surface area contributed by atoms with Gasteiger partial charge in [0, 0.05) is 11.4 Å². The number of amides is 2. The van der Waals surface area contributed by atoms with Gasteiger partial charge in [0.1, 0.15) is 0 Å². The first-order chi connectivity index (χ1) is 14.1. The second-order valence-electron chi connectivity index (χ2n) is 7.32. The number of piperidine rings is 1. The first kappa shape index (κ1) is 22.2. The molecule has 1 aliphatic rings. The highest BCUT2D eigenvalue weighted by Gasteiger charge is 2.34. The Kier molecular flexibility index (Phi) is 6.77. The molecule has 1 aromatic carbocycles. The van der Waals surface area contributed by atoms with Gasteiger partial charge in [-0.15, -0.1) is 11.3 Å². The molecule has 6 nitrogen and oxygen atoms in total. The monoisotopic (exact) mass is 440 g/mol. The number of benzene rings is 1. The zero-order valence-corrected chi connectivity index (χ0v) is 17.5. The summed E-state index contributed by atoms with van der Waals surface area (Å²) >= 11 is 1.40. The summed E-state index contributed by atoms with van der Waals surface area (Å²) in [6, 6.07) is 4.91. The minimum absolute atomic E-state index is 0.0978. The first-order valence-corrected chi connectivity index (χ1v) is 10.4. The fourth-order valence-corrected chi connectivity index (χ4v) is 4.21. The van der Waals surface area contributed by atoms with Crippen LogP contribution in [0.25, 0.3) is 0 Å². The molecule has 1 fully saturated rings. The van der Waals surface area contributed by atoms with Crippen LogP contribution in [0.3, 0.4) is 0 Å². The predicted octanol–water partition coefficient (Wildman–Crippen LogP) is 4.07. The summed E-state index contributed by atoms with van der Waals surface area (Å²) in [6.07, 6.45) is -3.31. The number of aromatic nitrogens is 1. The van der Waals surface area contributed by atoms with Crippen LogP contribution in [0.15, 0.2) is 24.3 Å². The molecule has 0 radical (unpaired) electrons. The third-order valence-corrected chi connectivity index (χ3v) is 6.00. The van der Waals surface area contributed by atoms with Gasteiger partial charge in [-0.25, -0.2) is 4.98 Å². The average Bonchev–Trinajstić information content (AvgIpc) is 2.98. The van der Waals surface area contributed by atoms with Crippen LogP contribution in [0.2, 0.25) is 0 Å². The summed E-state index contributed by atoms with van der Waals surface area (Å²) in [5, 5.41) is 5.71. The van der Waals surface area contributed by atoms with E-state index < -0.39 is 23.6 Å². The average molecular weight is 440 g/mol. The number of hydrogen-bond acceptors (Lipinski definition) is 5. The number of likely N-dealkylation sites (tertiary alicyclic amines) is 1. The number of nitrogens with zero attached hydrogens (tertiary/aromatic N) is 2. The number of alkyl halides is 3. The summed E-state index contributed by atoms with van der Waals surface area (Å²) < 4.78 is 39.4. The Morgan fingerprint density at radius 2 is 1.97 bits per heavy atom. The maximum Gasteiger partial charge on any atom is 0.418 e. The molecule has 2 N–H and O–H groups in total. The van der Waals surface area contributed by atoms with Gasteiger partial charge in [-0.1, -0.05) is 12.1 Å². The zero-order chi connectivity index (χ0) is 21.9. The maximum atomic E-state index is 13.1. The summed E-state index contributed by atoms with van der Waals surface area (Å²) in [5.74, 6) is -1.19. The molecule has 10 heteroatoms. The van der Waals surface area contributed by atoms with Crippen LogP contribution in [0, 0.1) is 19.8 Å². The van der Waals surface area contributed by atoms with Gasteiger partial charge in [-0.2, -0.15) is 13.2 Å². The molecule has 162 valence electrons. The van der Waals surface area contributed by atoms with E-state index in [1.807, 2.05) is 18.7 Å². The molecule has 1 unspecified atom stereocenters. The number of carbonyl (C=O) groups is 2. The van der Waals surface area contributed by atoms with E-state index in [1.165, 1.54) is 29.5 Å². The number of carbonyl (C=O) groups excluding carboxylic acids is 2. The molecular weight excluding hydrogens is 417 g/mol. The van der Waals surface area contributed by atoms with Crippen molar-refractivity contribution in [1.29, 1.82) is 0 Å². The highest BCUT2D eigenvalue weighted by molar-refractivity contribution is 7.15. The Labute approximate surface area is 176 Å². The van der Waals surface area contributed by atoms with E-state index >= 15 is 0 Å². The molecule has 0 spiro atoms. The van der Waals surface area contributed by atoms with E-state index in [1.54, 1.807) is 0 Å². The van der Waals surface area contributed by atoms with Crippen molar-refractivity contribution in [3.63, 3.8) is 0 Å². The molecule has 0 bridgehead atoms. The van der Waals surface area contributed by atoms with E-state index in [-0.39, 0.29) is 18.1 Å². The van der Waals surface area contributed by atoms with Crippen molar-refractivity contribution in [2.45, 2.75) is 32.9 Å². The second kappa shape index (κ2) is 9.13. The van der Waals surface area contributed by atoms with E-state index in [9.17, 15) is 22.8 Å². The van der Waals surface area contributed by atoms with Crippen LogP contribution in [0.1, 0.15) is 29.0 Å². The van der Waals surface area contributed by atoms with Gasteiger partial charge in [0.05, 0.1) is 29.4 Å². The topological polar surface area (TPSA) is 74.3 Å².